The second kappa shape index (κ2) is 8.71. The van der Waals surface area contributed by atoms with E-state index in [1.807, 2.05) is 55.5 Å². The molecule has 1 aliphatic rings. The van der Waals surface area contributed by atoms with Crippen molar-refractivity contribution in [3.05, 3.63) is 59.7 Å². The van der Waals surface area contributed by atoms with Crippen LogP contribution in [0.25, 0.3) is 0 Å². The predicted molar refractivity (Wildman–Crippen MR) is 109 cm³/mol. The number of hydrogen-bond acceptors (Lipinski definition) is 2. The number of carbonyl (C=O) groups is 2. The molecule has 1 fully saturated rings. The molecular weight excluding hydrogens is 338 g/mol. The van der Waals surface area contributed by atoms with Crippen molar-refractivity contribution in [1.29, 1.82) is 0 Å². The highest BCUT2D eigenvalue weighted by Crippen LogP contribution is 2.22. The minimum atomic E-state index is -0.278. The molecule has 0 spiro atoms. The standard InChI is InChI=1S/C22H27N3O2/c1-3-4-5-17-8-10-18(11-9-17)23-22(27)24-19-14-21(26)25(15-19)20-12-6-16(2)7-13-20/h6-13,19H,3-5,14-15H2,1-2H3,(H2,23,24,27). The summed E-state index contributed by atoms with van der Waals surface area (Å²) >= 11 is 0. The van der Waals surface area contributed by atoms with Crippen molar-refractivity contribution >= 4 is 23.3 Å². The molecule has 3 rings (SSSR count). The van der Waals surface area contributed by atoms with Crippen molar-refractivity contribution in [2.24, 2.45) is 0 Å². The Labute approximate surface area is 160 Å². The van der Waals surface area contributed by atoms with E-state index >= 15 is 0 Å². The van der Waals surface area contributed by atoms with E-state index in [1.165, 1.54) is 18.4 Å². The van der Waals surface area contributed by atoms with Crippen LogP contribution in [0.15, 0.2) is 48.5 Å². The lowest BCUT2D eigenvalue weighted by atomic mass is 10.1. The van der Waals surface area contributed by atoms with Gasteiger partial charge in [0.05, 0.1) is 6.04 Å². The number of unbranched alkanes of at least 4 members (excludes halogenated alkanes) is 1. The summed E-state index contributed by atoms with van der Waals surface area (Å²) < 4.78 is 0. The Hall–Kier alpha value is -2.82. The minimum absolute atomic E-state index is 0.0319. The maximum atomic E-state index is 12.3. The minimum Gasteiger partial charge on any atom is -0.333 e. The average Bonchev–Trinajstić information content (AvgIpc) is 3.01. The number of nitrogens with one attached hydrogen (secondary N) is 2. The number of anilines is 2. The first-order chi connectivity index (χ1) is 13.0. The number of carbonyl (C=O) groups excluding carboxylic acids is 2. The van der Waals surface area contributed by atoms with Crippen molar-refractivity contribution in [2.75, 3.05) is 16.8 Å². The number of amides is 3. The van der Waals surface area contributed by atoms with Crippen molar-refractivity contribution in [2.45, 2.75) is 45.6 Å². The van der Waals surface area contributed by atoms with E-state index in [0.29, 0.717) is 13.0 Å². The number of rotatable bonds is 6. The third kappa shape index (κ3) is 5.09. The van der Waals surface area contributed by atoms with Crippen LogP contribution in [0.3, 0.4) is 0 Å². The van der Waals surface area contributed by atoms with Crippen LogP contribution in [0.1, 0.15) is 37.3 Å². The van der Waals surface area contributed by atoms with E-state index in [-0.39, 0.29) is 18.0 Å². The predicted octanol–water partition coefficient (Wildman–Crippen LogP) is 4.26. The van der Waals surface area contributed by atoms with Crippen LogP contribution in [-0.2, 0) is 11.2 Å². The Morgan fingerprint density at radius 2 is 1.81 bits per heavy atom. The molecule has 1 saturated heterocycles. The third-order valence-electron chi connectivity index (χ3n) is 4.84. The van der Waals surface area contributed by atoms with Gasteiger partial charge in [-0.25, -0.2) is 4.79 Å². The van der Waals surface area contributed by atoms with Gasteiger partial charge in [-0.2, -0.15) is 0 Å². The molecule has 27 heavy (non-hydrogen) atoms. The summed E-state index contributed by atoms with van der Waals surface area (Å²) in [4.78, 5) is 26.3. The lowest BCUT2D eigenvalue weighted by molar-refractivity contribution is -0.117. The summed E-state index contributed by atoms with van der Waals surface area (Å²) in [6.45, 7) is 4.68. The second-order valence-corrected chi connectivity index (χ2v) is 7.14. The van der Waals surface area contributed by atoms with Gasteiger partial charge in [-0.15, -0.1) is 0 Å². The quantitative estimate of drug-likeness (QED) is 0.803. The molecular formula is C22H27N3O2. The largest absolute Gasteiger partial charge is 0.333 e. The highest BCUT2D eigenvalue weighted by Gasteiger charge is 2.31. The molecule has 2 N–H and O–H groups in total. The number of urea groups is 1. The Bertz CT molecular complexity index is 784. The first kappa shape index (κ1) is 19.0. The monoisotopic (exact) mass is 365 g/mol. The topological polar surface area (TPSA) is 61.4 Å². The van der Waals surface area contributed by atoms with E-state index in [4.69, 9.17) is 0 Å². The molecule has 1 aliphatic heterocycles. The fraction of sp³-hybridized carbons (Fsp3) is 0.364. The maximum absolute atomic E-state index is 12.3. The highest BCUT2D eigenvalue weighted by atomic mass is 16.2. The molecule has 0 saturated carbocycles. The number of nitrogens with zero attached hydrogens (tertiary/aromatic N) is 1. The van der Waals surface area contributed by atoms with Crippen molar-refractivity contribution < 1.29 is 9.59 Å². The first-order valence-corrected chi connectivity index (χ1v) is 9.58. The van der Waals surface area contributed by atoms with Gasteiger partial charge in [-0.3, -0.25) is 4.79 Å². The fourth-order valence-electron chi connectivity index (χ4n) is 3.27. The van der Waals surface area contributed by atoms with Crippen LogP contribution >= 0.6 is 0 Å². The number of hydrogen-bond donors (Lipinski definition) is 2. The highest BCUT2D eigenvalue weighted by molar-refractivity contribution is 5.97. The van der Waals surface area contributed by atoms with Gasteiger partial charge >= 0.3 is 6.03 Å². The molecule has 5 heteroatoms. The molecule has 0 bridgehead atoms. The molecule has 5 nitrogen and oxygen atoms in total. The Morgan fingerprint density at radius 1 is 1.11 bits per heavy atom. The Balaban J connectivity index is 1.52. The van der Waals surface area contributed by atoms with Gasteiger partial charge in [-0.05, 0) is 49.6 Å². The molecule has 0 aliphatic carbocycles. The van der Waals surface area contributed by atoms with Crippen LogP contribution in [0.5, 0.6) is 0 Å². The Morgan fingerprint density at radius 3 is 2.48 bits per heavy atom. The smallest absolute Gasteiger partial charge is 0.319 e. The molecule has 2 aromatic rings. The van der Waals surface area contributed by atoms with Crippen LogP contribution in [0, 0.1) is 6.92 Å². The SMILES string of the molecule is CCCCc1ccc(NC(=O)NC2CC(=O)N(c3ccc(C)cc3)C2)cc1. The van der Waals surface area contributed by atoms with Gasteiger partial charge in [0.15, 0.2) is 0 Å². The van der Waals surface area contributed by atoms with E-state index in [0.717, 1.165) is 23.4 Å². The van der Waals surface area contributed by atoms with Crippen molar-refractivity contribution in [1.82, 2.24) is 5.32 Å². The van der Waals surface area contributed by atoms with E-state index in [2.05, 4.69) is 17.6 Å². The van der Waals surface area contributed by atoms with Gasteiger partial charge < -0.3 is 15.5 Å². The van der Waals surface area contributed by atoms with Gasteiger partial charge in [-0.1, -0.05) is 43.2 Å². The van der Waals surface area contributed by atoms with Crippen molar-refractivity contribution in [3.63, 3.8) is 0 Å². The van der Waals surface area contributed by atoms with Gasteiger partial charge in [0.1, 0.15) is 0 Å². The zero-order valence-corrected chi connectivity index (χ0v) is 16.0. The molecule has 142 valence electrons. The second-order valence-electron chi connectivity index (χ2n) is 7.14. The summed E-state index contributed by atoms with van der Waals surface area (Å²) in [5, 5.41) is 5.75. The van der Waals surface area contributed by atoms with Gasteiger partial charge in [0.25, 0.3) is 0 Å². The van der Waals surface area contributed by atoms with Gasteiger partial charge in [0.2, 0.25) is 5.91 Å². The van der Waals surface area contributed by atoms with Crippen LogP contribution in [0.4, 0.5) is 16.2 Å². The van der Waals surface area contributed by atoms with Gasteiger partial charge in [0, 0.05) is 24.3 Å². The molecule has 1 heterocycles. The Kier molecular flexibility index (Phi) is 6.12. The van der Waals surface area contributed by atoms with Crippen molar-refractivity contribution in [3.8, 4) is 0 Å². The fourth-order valence-corrected chi connectivity index (χ4v) is 3.27. The summed E-state index contributed by atoms with van der Waals surface area (Å²) in [6.07, 6.45) is 3.71. The zero-order chi connectivity index (χ0) is 19.2. The van der Waals surface area contributed by atoms with E-state index in [1.54, 1.807) is 4.90 Å². The molecule has 0 aromatic heterocycles. The summed E-state index contributed by atoms with van der Waals surface area (Å²) in [5.41, 5.74) is 4.06. The van der Waals surface area contributed by atoms with E-state index < -0.39 is 0 Å². The van der Waals surface area contributed by atoms with Crippen LogP contribution in [-0.4, -0.2) is 24.5 Å². The molecule has 1 atom stereocenters. The number of benzene rings is 2. The van der Waals surface area contributed by atoms with Crippen LogP contribution < -0.4 is 15.5 Å². The lowest BCUT2D eigenvalue weighted by Gasteiger charge is -2.17. The van der Waals surface area contributed by atoms with Crippen LogP contribution in [0.2, 0.25) is 0 Å². The summed E-state index contributed by atoms with van der Waals surface area (Å²) in [7, 11) is 0. The third-order valence-corrected chi connectivity index (χ3v) is 4.84. The zero-order valence-electron chi connectivity index (χ0n) is 16.0. The maximum Gasteiger partial charge on any atom is 0.319 e. The lowest BCUT2D eigenvalue weighted by Crippen LogP contribution is -2.39. The first-order valence-electron chi connectivity index (χ1n) is 9.58. The average molecular weight is 365 g/mol. The molecule has 2 aromatic carbocycles. The number of aryl methyl sites for hydroxylation is 2. The molecule has 1 unspecified atom stereocenters. The summed E-state index contributed by atoms with van der Waals surface area (Å²) in [5.74, 6) is 0.0319. The van der Waals surface area contributed by atoms with E-state index in [9.17, 15) is 9.59 Å². The molecule has 0 radical (unpaired) electrons. The normalized spacial score (nSPS) is 16.4. The molecule has 3 amide bonds. The summed E-state index contributed by atoms with van der Waals surface area (Å²) in [6, 6.07) is 15.3.